The Labute approximate surface area is 187 Å². The molecule has 0 aliphatic carbocycles. The lowest BCUT2D eigenvalue weighted by molar-refractivity contribution is 0.511. The number of thiophene rings is 2. The molecule has 6 heteroatoms. The minimum Gasteiger partial charge on any atom is -0.306 e. The monoisotopic (exact) mass is 459 g/mol. The van der Waals surface area contributed by atoms with Crippen LogP contribution in [0.1, 0.15) is 0 Å². The first kappa shape index (κ1) is 18.2. The van der Waals surface area contributed by atoms with Gasteiger partial charge in [0.15, 0.2) is 11.6 Å². The minimum absolute atomic E-state index is 0.321. The van der Waals surface area contributed by atoms with E-state index in [0.717, 1.165) is 47.0 Å². The highest BCUT2D eigenvalue weighted by molar-refractivity contribution is 7.33. The number of hydrogen-bond donors (Lipinski definition) is 0. The predicted octanol–water partition coefficient (Wildman–Crippen LogP) is 8.78. The zero-order chi connectivity index (χ0) is 21.6. The molecule has 3 heterocycles. The van der Waals surface area contributed by atoms with Crippen LogP contribution in [-0.4, -0.2) is 4.57 Å². The van der Waals surface area contributed by atoms with Gasteiger partial charge in [-0.25, -0.2) is 13.2 Å². The molecule has 1 nitrogen and oxygen atoms in total. The van der Waals surface area contributed by atoms with E-state index in [0.29, 0.717) is 10.1 Å². The van der Waals surface area contributed by atoms with Crippen molar-refractivity contribution >= 4 is 74.1 Å². The SMILES string of the molecule is Fc1ccc(-n2c3c4cc(F)c(F)cc4sc3c3sc4cc5ccccc5cc4c32)cc1. The van der Waals surface area contributed by atoms with Crippen molar-refractivity contribution in [2.24, 2.45) is 0 Å². The molecule has 0 amide bonds. The van der Waals surface area contributed by atoms with Gasteiger partial charge in [-0.1, -0.05) is 24.3 Å². The summed E-state index contributed by atoms with van der Waals surface area (Å²) in [6, 6.07) is 21.4. The van der Waals surface area contributed by atoms with Crippen LogP contribution < -0.4 is 0 Å². The number of halogens is 3. The molecule has 0 unspecified atom stereocenters. The first-order chi connectivity index (χ1) is 15.6. The molecular formula is C26H12F3NS2. The summed E-state index contributed by atoms with van der Waals surface area (Å²) in [5.41, 5.74) is 2.62. The van der Waals surface area contributed by atoms with E-state index in [4.69, 9.17) is 0 Å². The maximum Gasteiger partial charge on any atom is 0.160 e. The van der Waals surface area contributed by atoms with Gasteiger partial charge in [0.25, 0.3) is 0 Å². The highest BCUT2D eigenvalue weighted by Crippen LogP contribution is 2.48. The average molecular weight is 460 g/mol. The molecule has 0 atom stereocenters. The Balaban J connectivity index is 1.73. The number of fused-ring (bicyclic) bond motifs is 8. The minimum atomic E-state index is -0.872. The van der Waals surface area contributed by atoms with Gasteiger partial charge in [0.1, 0.15) is 5.82 Å². The second-order valence-electron chi connectivity index (χ2n) is 7.83. The average Bonchev–Trinajstić information content (AvgIpc) is 3.41. The topological polar surface area (TPSA) is 4.93 Å². The van der Waals surface area contributed by atoms with Crippen LogP contribution in [0.3, 0.4) is 0 Å². The molecule has 7 rings (SSSR count). The van der Waals surface area contributed by atoms with Crippen LogP contribution >= 0.6 is 22.7 Å². The molecule has 0 spiro atoms. The fourth-order valence-electron chi connectivity index (χ4n) is 4.56. The predicted molar refractivity (Wildman–Crippen MR) is 129 cm³/mol. The fourth-order valence-corrected chi connectivity index (χ4v) is 7.10. The summed E-state index contributed by atoms with van der Waals surface area (Å²) in [5.74, 6) is -2.05. The van der Waals surface area contributed by atoms with E-state index in [2.05, 4.69) is 28.8 Å². The van der Waals surface area contributed by atoms with E-state index in [1.807, 2.05) is 12.1 Å². The van der Waals surface area contributed by atoms with Crippen molar-refractivity contribution in [2.45, 2.75) is 0 Å². The van der Waals surface area contributed by atoms with E-state index < -0.39 is 11.6 Å². The summed E-state index contributed by atoms with van der Waals surface area (Å²) in [4.78, 5) is 0. The largest absolute Gasteiger partial charge is 0.306 e. The molecular weight excluding hydrogens is 447 g/mol. The van der Waals surface area contributed by atoms with Crippen molar-refractivity contribution in [1.82, 2.24) is 4.57 Å². The molecule has 0 saturated heterocycles. The zero-order valence-corrected chi connectivity index (χ0v) is 18.0. The molecule has 7 aromatic rings. The van der Waals surface area contributed by atoms with Crippen LogP contribution in [-0.2, 0) is 0 Å². The first-order valence-corrected chi connectivity index (χ1v) is 11.6. The highest BCUT2D eigenvalue weighted by atomic mass is 32.1. The van der Waals surface area contributed by atoms with Gasteiger partial charge in [0.2, 0.25) is 0 Å². The van der Waals surface area contributed by atoms with Crippen molar-refractivity contribution in [3.8, 4) is 5.69 Å². The lowest BCUT2D eigenvalue weighted by Gasteiger charge is -2.08. The maximum atomic E-state index is 14.2. The summed E-state index contributed by atoms with van der Waals surface area (Å²) >= 11 is 3.14. The van der Waals surface area contributed by atoms with Gasteiger partial charge in [-0.2, -0.15) is 0 Å². The Morgan fingerprint density at radius 3 is 1.84 bits per heavy atom. The number of hydrogen-bond acceptors (Lipinski definition) is 2. The highest BCUT2D eigenvalue weighted by Gasteiger charge is 2.23. The van der Waals surface area contributed by atoms with Crippen LogP contribution in [0.4, 0.5) is 13.2 Å². The Morgan fingerprint density at radius 2 is 1.16 bits per heavy atom. The van der Waals surface area contributed by atoms with Gasteiger partial charge in [-0.3, -0.25) is 0 Å². The molecule has 0 saturated carbocycles. The molecule has 0 fully saturated rings. The van der Waals surface area contributed by atoms with E-state index in [1.165, 1.54) is 35.6 Å². The molecule has 0 N–H and O–H groups in total. The fraction of sp³-hybridized carbons (Fsp3) is 0. The Bertz CT molecular complexity index is 1860. The summed E-state index contributed by atoms with van der Waals surface area (Å²) in [7, 11) is 0. The van der Waals surface area contributed by atoms with Crippen LogP contribution in [0.5, 0.6) is 0 Å². The Kier molecular flexibility index (Phi) is 3.62. The van der Waals surface area contributed by atoms with Crippen molar-refractivity contribution < 1.29 is 13.2 Å². The molecule has 4 aromatic carbocycles. The van der Waals surface area contributed by atoms with Crippen molar-refractivity contribution in [3.63, 3.8) is 0 Å². The van der Waals surface area contributed by atoms with E-state index in [1.54, 1.807) is 23.5 Å². The van der Waals surface area contributed by atoms with Gasteiger partial charge in [-0.15, -0.1) is 22.7 Å². The third-order valence-electron chi connectivity index (χ3n) is 5.97. The Hall–Kier alpha value is -3.35. The lowest BCUT2D eigenvalue weighted by atomic mass is 10.1. The van der Waals surface area contributed by atoms with Crippen LogP contribution in [0.15, 0.2) is 72.8 Å². The second kappa shape index (κ2) is 6.34. The second-order valence-corrected chi connectivity index (χ2v) is 9.93. The van der Waals surface area contributed by atoms with Gasteiger partial charge < -0.3 is 4.57 Å². The molecule has 0 aliphatic heterocycles. The van der Waals surface area contributed by atoms with Crippen molar-refractivity contribution in [1.29, 1.82) is 0 Å². The van der Waals surface area contributed by atoms with Crippen molar-refractivity contribution in [3.05, 3.63) is 90.2 Å². The standard InChI is InChI=1S/C26H12F3NS2/c27-15-5-7-16(8-6-15)30-23-17-9-13-3-1-2-4-14(13)10-21(17)31-25(23)26-24(30)18-11-19(28)20(29)12-22(18)32-26/h1-12H. The zero-order valence-electron chi connectivity index (χ0n) is 16.3. The summed E-state index contributed by atoms with van der Waals surface area (Å²) in [6.45, 7) is 0. The maximum absolute atomic E-state index is 14.2. The third kappa shape index (κ3) is 2.39. The van der Waals surface area contributed by atoms with Crippen LogP contribution in [0.25, 0.3) is 57.1 Å². The summed E-state index contributed by atoms with van der Waals surface area (Å²) in [5, 5.41) is 4.04. The van der Waals surface area contributed by atoms with Gasteiger partial charge in [0, 0.05) is 25.9 Å². The number of aromatic nitrogens is 1. The van der Waals surface area contributed by atoms with Crippen LogP contribution in [0, 0.1) is 17.5 Å². The molecule has 154 valence electrons. The first-order valence-electron chi connectivity index (χ1n) is 10.0. The van der Waals surface area contributed by atoms with Gasteiger partial charge in [0.05, 0.1) is 20.4 Å². The van der Waals surface area contributed by atoms with Crippen LogP contribution in [0.2, 0.25) is 0 Å². The molecule has 0 bridgehead atoms. The number of nitrogens with zero attached hydrogens (tertiary/aromatic N) is 1. The van der Waals surface area contributed by atoms with E-state index >= 15 is 0 Å². The lowest BCUT2D eigenvalue weighted by Crippen LogP contribution is -1.94. The number of benzene rings is 4. The van der Waals surface area contributed by atoms with Gasteiger partial charge >= 0.3 is 0 Å². The van der Waals surface area contributed by atoms with E-state index in [9.17, 15) is 13.2 Å². The third-order valence-corrected chi connectivity index (χ3v) is 8.42. The quantitative estimate of drug-likeness (QED) is 0.231. The normalized spacial score (nSPS) is 12.2. The molecule has 0 aliphatic rings. The Morgan fingerprint density at radius 1 is 0.594 bits per heavy atom. The number of rotatable bonds is 1. The molecule has 0 radical (unpaired) electrons. The van der Waals surface area contributed by atoms with Crippen molar-refractivity contribution in [2.75, 3.05) is 0 Å². The smallest absolute Gasteiger partial charge is 0.160 e. The summed E-state index contributed by atoms with van der Waals surface area (Å²) < 4.78 is 47.9. The van der Waals surface area contributed by atoms with Gasteiger partial charge in [-0.05, 0) is 59.3 Å². The molecule has 32 heavy (non-hydrogen) atoms. The molecule has 3 aromatic heterocycles. The van der Waals surface area contributed by atoms with E-state index in [-0.39, 0.29) is 5.82 Å². The summed E-state index contributed by atoms with van der Waals surface area (Å²) in [6.07, 6.45) is 0.